The molecule has 0 aliphatic carbocycles. The van der Waals surface area contributed by atoms with E-state index in [-0.39, 0.29) is 10.8 Å². The average molecular weight is 264 g/mol. The van der Waals surface area contributed by atoms with Gasteiger partial charge in [-0.2, -0.15) is 0 Å². The van der Waals surface area contributed by atoms with E-state index in [1.54, 1.807) is 6.07 Å². The Hall–Kier alpha value is -0.310. The first-order valence-corrected chi connectivity index (χ1v) is 6.28. The summed E-state index contributed by atoms with van der Waals surface area (Å²) < 4.78 is 13.1. The standard InChI is InChI=1S/C12H16Cl2FN/c1-9(3-2-6-13)16-8-10-4-5-11(14)12(15)7-10/h4-5,7,9,16H,2-3,6,8H2,1H3. The molecule has 1 aromatic carbocycles. The fourth-order valence-electron chi connectivity index (χ4n) is 1.43. The van der Waals surface area contributed by atoms with Crippen LogP contribution in [-0.4, -0.2) is 11.9 Å². The minimum atomic E-state index is -0.366. The molecule has 0 aliphatic heterocycles. The molecular weight excluding hydrogens is 248 g/mol. The molecular formula is C12H16Cl2FN. The molecule has 0 saturated carbocycles. The maximum atomic E-state index is 13.1. The second-order valence-electron chi connectivity index (χ2n) is 3.86. The van der Waals surface area contributed by atoms with E-state index in [0.717, 1.165) is 18.4 Å². The van der Waals surface area contributed by atoms with Gasteiger partial charge in [0.15, 0.2) is 0 Å². The fourth-order valence-corrected chi connectivity index (χ4v) is 1.70. The highest BCUT2D eigenvalue weighted by atomic mass is 35.5. The van der Waals surface area contributed by atoms with Crippen LogP contribution >= 0.6 is 23.2 Å². The number of hydrogen-bond donors (Lipinski definition) is 1. The monoisotopic (exact) mass is 263 g/mol. The van der Waals surface area contributed by atoms with E-state index in [0.29, 0.717) is 18.5 Å². The SMILES string of the molecule is CC(CCCCl)NCc1ccc(Cl)c(F)c1. The maximum Gasteiger partial charge on any atom is 0.142 e. The van der Waals surface area contributed by atoms with Crippen molar-refractivity contribution in [3.05, 3.63) is 34.6 Å². The molecule has 0 aromatic heterocycles. The highest BCUT2D eigenvalue weighted by molar-refractivity contribution is 6.30. The summed E-state index contributed by atoms with van der Waals surface area (Å²) in [6, 6.07) is 5.26. The van der Waals surface area contributed by atoms with E-state index < -0.39 is 0 Å². The van der Waals surface area contributed by atoms with Crippen LogP contribution in [0, 0.1) is 5.82 Å². The Labute approximate surface area is 106 Å². The predicted molar refractivity (Wildman–Crippen MR) is 67.7 cm³/mol. The van der Waals surface area contributed by atoms with E-state index in [1.165, 1.54) is 6.07 Å². The lowest BCUT2D eigenvalue weighted by atomic mass is 10.1. The van der Waals surface area contributed by atoms with Crippen molar-refractivity contribution >= 4 is 23.2 Å². The van der Waals surface area contributed by atoms with Crippen molar-refractivity contribution in [2.24, 2.45) is 0 Å². The van der Waals surface area contributed by atoms with Gasteiger partial charge in [-0.25, -0.2) is 4.39 Å². The van der Waals surface area contributed by atoms with Crippen LogP contribution in [0.1, 0.15) is 25.3 Å². The van der Waals surface area contributed by atoms with Gasteiger partial charge in [-0.05, 0) is 37.5 Å². The van der Waals surface area contributed by atoms with Crippen molar-refractivity contribution in [2.75, 3.05) is 5.88 Å². The molecule has 16 heavy (non-hydrogen) atoms. The van der Waals surface area contributed by atoms with Crippen LogP contribution < -0.4 is 5.32 Å². The highest BCUT2D eigenvalue weighted by Gasteiger charge is 2.03. The summed E-state index contributed by atoms with van der Waals surface area (Å²) in [7, 11) is 0. The van der Waals surface area contributed by atoms with Gasteiger partial charge < -0.3 is 5.32 Å². The molecule has 1 rings (SSSR count). The van der Waals surface area contributed by atoms with Gasteiger partial charge in [-0.15, -0.1) is 11.6 Å². The Bertz CT molecular complexity index is 331. The first kappa shape index (κ1) is 13.8. The summed E-state index contributed by atoms with van der Waals surface area (Å²) in [6.07, 6.45) is 2.02. The fraction of sp³-hybridized carbons (Fsp3) is 0.500. The zero-order valence-corrected chi connectivity index (χ0v) is 10.8. The Morgan fingerprint density at radius 3 is 2.81 bits per heavy atom. The van der Waals surface area contributed by atoms with Crippen LogP contribution in [-0.2, 0) is 6.54 Å². The lowest BCUT2D eigenvalue weighted by Gasteiger charge is -2.13. The molecule has 0 amide bonds. The molecule has 1 unspecified atom stereocenters. The summed E-state index contributed by atoms with van der Waals surface area (Å²) in [4.78, 5) is 0. The van der Waals surface area contributed by atoms with Crippen molar-refractivity contribution in [2.45, 2.75) is 32.4 Å². The van der Waals surface area contributed by atoms with Gasteiger partial charge in [0, 0.05) is 18.5 Å². The third kappa shape index (κ3) is 4.69. The summed E-state index contributed by atoms with van der Waals surface area (Å²) in [6.45, 7) is 2.75. The average Bonchev–Trinajstić information content (AvgIpc) is 2.28. The van der Waals surface area contributed by atoms with Crippen molar-refractivity contribution in [1.29, 1.82) is 0 Å². The third-order valence-electron chi connectivity index (χ3n) is 2.41. The molecule has 1 aromatic rings. The second-order valence-corrected chi connectivity index (χ2v) is 4.65. The first-order chi connectivity index (χ1) is 7.63. The Balaban J connectivity index is 2.39. The molecule has 1 N–H and O–H groups in total. The van der Waals surface area contributed by atoms with Gasteiger partial charge in [0.1, 0.15) is 5.82 Å². The van der Waals surface area contributed by atoms with Crippen molar-refractivity contribution in [3.8, 4) is 0 Å². The zero-order chi connectivity index (χ0) is 12.0. The highest BCUT2D eigenvalue weighted by Crippen LogP contribution is 2.15. The van der Waals surface area contributed by atoms with Crippen LogP contribution in [0.5, 0.6) is 0 Å². The number of benzene rings is 1. The lowest BCUT2D eigenvalue weighted by Crippen LogP contribution is -2.25. The minimum Gasteiger partial charge on any atom is -0.310 e. The van der Waals surface area contributed by atoms with Crippen LogP contribution in [0.3, 0.4) is 0 Å². The molecule has 0 saturated heterocycles. The normalized spacial score (nSPS) is 12.8. The Morgan fingerprint density at radius 2 is 2.19 bits per heavy atom. The number of alkyl halides is 1. The van der Waals surface area contributed by atoms with Gasteiger partial charge in [-0.1, -0.05) is 17.7 Å². The van der Waals surface area contributed by atoms with Crippen molar-refractivity contribution < 1.29 is 4.39 Å². The molecule has 0 fully saturated rings. The van der Waals surface area contributed by atoms with Crippen LogP contribution in [0.25, 0.3) is 0 Å². The molecule has 0 radical (unpaired) electrons. The first-order valence-electron chi connectivity index (χ1n) is 5.36. The quantitative estimate of drug-likeness (QED) is 0.766. The topological polar surface area (TPSA) is 12.0 Å². The second kappa shape index (κ2) is 7.10. The largest absolute Gasteiger partial charge is 0.310 e. The smallest absolute Gasteiger partial charge is 0.142 e. The predicted octanol–water partition coefficient (Wildman–Crippen LogP) is 3.98. The van der Waals surface area contributed by atoms with Crippen LogP contribution in [0.4, 0.5) is 4.39 Å². The minimum absolute atomic E-state index is 0.166. The van der Waals surface area contributed by atoms with Crippen LogP contribution in [0.2, 0.25) is 5.02 Å². The molecule has 0 heterocycles. The van der Waals surface area contributed by atoms with Gasteiger partial charge in [-0.3, -0.25) is 0 Å². The zero-order valence-electron chi connectivity index (χ0n) is 9.27. The van der Waals surface area contributed by atoms with Crippen molar-refractivity contribution in [3.63, 3.8) is 0 Å². The number of hydrogen-bond acceptors (Lipinski definition) is 1. The van der Waals surface area contributed by atoms with Gasteiger partial charge in [0.2, 0.25) is 0 Å². The van der Waals surface area contributed by atoms with E-state index in [1.807, 2.05) is 6.07 Å². The van der Waals surface area contributed by atoms with E-state index >= 15 is 0 Å². The Morgan fingerprint density at radius 1 is 1.44 bits per heavy atom. The molecule has 1 atom stereocenters. The van der Waals surface area contributed by atoms with E-state index in [2.05, 4.69) is 12.2 Å². The van der Waals surface area contributed by atoms with Gasteiger partial charge in [0.25, 0.3) is 0 Å². The molecule has 0 bridgehead atoms. The number of nitrogens with one attached hydrogen (secondary N) is 1. The summed E-state index contributed by atoms with van der Waals surface area (Å²) in [5, 5.41) is 3.48. The van der Waals surface area contributed by atoms with Gasteiger partial charge >= 0.3 is 0 Å². The molecule has 0 aliphatic rings. The molecule has 90 valence electrons. The number of halogens is 3. The van der Waals surface area contributed by atoms with E-state index in [4.69, 9.17) is 23.2 Å². The molecule has 4 heteroatoms. The van der Waals surface area contributed by atoms with Crippen molar-refractivity contribution in [1.82, 2.24) is 5.32 Å². The Kier molecular flexibility index (Phi) is 6.10. The summed E-state index contributed by atoms with van der Waals surface area (Å²) in [5.41, 5.74) is 0.902. The van der Waals surface area contributed by atoms with E-state index in [9.17, 15) is 4.39 Å². The number of rotatable bonds is 6. The lowest BCUT2D eigenvalue weighted by molar-refractivity contribution is 0.508. The molecule has 0 spiro atoms. The summed E-state index contributed by atoms with van der Waals surface area (Å²) >= 11 is 11.2. The maximum absolute atomic E-state index is 13.1. The third-order valence-corrected chi connectivity index (χ3v) is 2.98. The van der Waals surface area contributed by atoms with Crippen LogP contribution in [0.15, 0.2) is 18.2 Å². The summed E-state index contributed by atoms with van der Waals surface area (Å²) in [5.74, 6) is 0.316. The van der Waals surface area contributed by atoms with Gasteiger partial charge in [0.05, 0.1) is 5.02 Å². The molecule has 1 nitrogen and oxygen atoms in total.